The van der Waals surface area contributed by atoms with Gasteiger partial charge in [0.2, 0.25) is 0 Å². The predicted molar refractivity (Wildman–Crippen MR) is 68.2 cm³/mol. The number of hydrogen-bond donors (Lipinski definition) is 1. The normalized spacial score (nSPS) is 20.5. The van der Waals surface area contributed by atoms with E-state index in [1.807, 2.05) is 0 Å². The fraction of sp³-hybridized carbons (Fsp3) is 0.929. The molecule has 1 saturated carbocycles. The first-order chi connectivity index (χ1) is 8.21. The van der Waals surface area contributed by atoms with Gasteiger partial charge in [0.25, 0.3) is 0 Å². The monoisotopic (exact) mass is 242 g/mol. The Morgan fingerprint density at radius 3 is 2.24 bits per heavy atom. The van der Waals surface area contributed by atoms with Crippen LogP contribution in [-0.2, 0) is 9.53 Å². The highest BCUT2D eigenvalue weighted by molar-refractivity contribution is 5.77. The van der Waals surface area contributed by atoms with E-state index >= 15 is 0 Å². The summed E-state index contributed by atoms with van der Waals surface area (Å²) in [4.78, 5) is 11.5. The van der Waals surface area contributed by atoms with Gasteiger partial charge < -0.3 is 9.84 Å². The van der Waals surface area contributed by atoms with Crippen molar-refractivity contribution in [2.75, 3.05) is 6.61 Å². The zero-order valence-electron chi connectivity index (χ0n) is 11.0. The van der Waals surface area contributed by atoms with E-state index in [2.05, 4.69) is 6.92 Å². The molecular weight excluding hydrogens is 216 g/mol. The lowest BCUT2D eigenvalue weighted by molar-refractivity contribution is -0.169. The van der Waals surface area contributed by atoms with Gasteiger partial charge in [-0.1, -0.05) is 39.0 Å². The fourth-order valence-corrected chi connectivity index (χ4v) is 2.52. The molecule has 17 heavy (non-hydrogen) atoms. The highest BCUT2D eigenvalue weighted by Gasteiger charge is 2.38. The summed E-state index contributed by atoms with van der Waals surface area (Å²) in [5.74, 6) is -0.754. The Morgan fingerprint density at radius 1 is 1.12 bits per heavy atom. The Labute approximate surface area is 105 Å². The maximum Gasteiger partial charge on any atom is 0.335 e. The Balaban J connectivity index is 2.49. The van der Waals surface area contributed by atoms with Gasteiger partial charge in [0.15, 0.2) is 5.60 Å². The molecular formula is C14H26O3. The van der Waals surface area contributed by atoms with E-state index in [0.717, 1.165) is 44.9 Å². The third-order valence-corrected chi connectivity index (χ3v) is 3.68. The number of ether oxygens (including phenoxy) is 1. The topological polar surface area (TPSA) is 46.5 Å². The number of carboxylic acid groups (broad SMARTS) is 1. The summed E-state index contributed by atoms with van der Waals surface area (Å²) in [6.45, 7) is 2.74. The molecule has 0 saturated heterocycles. The van der Waals surface area contributed by atoms with Crippen molar-refractivity contribution in [2.45, 2.75) is 76.7 Å². The predicted octanol–water partition coefficient (Wildman–Crippen LogP) is 3.76. The highest BCUT2D eigenvalue weighted by atomic mass is 16.5. The third kappa shape index (κ3) is 4.66. The van der Waals surface area contributed by atoms with Crippen LogP contribution in [0.5, 0.6) is 0 Å². The van der Waals surface area contributed by atoms with Crippen molar-refractivity contribution in [2.24, 2.45) is 0 Å². The first-order valence-electron chi connectivity index (χ1n) is 7.08. The molecule has 3 heteroatoms. The number of carbonyl (C=O) groups is 1. The Hall–Kier alpha value is -0.570. The van der Waals surface area contributed by atoms with Crippen LogP contribution in [0.1, 0.15) is 71.1 Å². The van der Waals surface area contributed by atoms with Gasteiger partial charge in [0.1, 0.15) is 0 Å². The van der Waals surface area contributed by atoms with Crippen molar-refractivity contribution in [1.82, 2.24) is 0 Å². The SMILES string of the molecule is CCCCCOC1(C(=O)O)CCCCCCC1. The van der Waals surface area contributed by atoms with Crippen LogP contribution >= 0.6 is 0 Å². The third-order valence-electron chi connectivity index (χ3n) is 3.68. The van der Waals surface area contributed by atoms with Crippen LogP contribution in [0.2, 0.25) is 0 Å². The molecule has 100 valence electrons. The second-order valence-corrected chi connectivity index (χ2v) is 5.12. The van der Waals surface area contributed by atoms with Crippen molar-refractivity contribution in [3.63, 3.8) is 0 Å². The minimum absolute atomic E-state index is 0.597. The first kappa shape index (κ1) is 14.5. The van der Waals surface area contributed by atoms with Crippen LogP contribution in [0.3, 0.4) is 0 Å². The van der Waals surface area contributed by atoms with Gasteiger partial charge in [-0.05, 0) is 32.1 Å². The highest BCUT2D eigenvalue weighted by Crippen LogP contribution is 2.30. The lowest BCUT2D eigenvalue weighted by Crippen LogP contribution is -2.42. The van der Waals surface area contributed by atoms with E-state index in [1.165, 1.54) is 6.42 Å². The molecule has 0 radical (unpaired) electrons. The molecule has 0 amide bonds. The summed E-state index contributed by atoms with van der Waals surface area (Å²) in [6.07, 6.45) is 10.1. The van der Waals surface area contributed by atoms with Crippen LogP contribution in [0.4, 0.5) is 0 Å². The Kier molecular flexibility index (Phi) is 6.56. The molecule has 1 N–H and O–H groups in total. The molecule has 0 bridgehead atoms. The number of hydrogen-bond acceptors (Lipinski definition) is 2. The number of rotatable bonds is 6. The standard InChI is InChI=1S/C14H26O3/c1-2-3-9-12-17-14(13(15)16)10-7-5-4-6-8-11-14/h2-12H2,1H3,(H,15,16). The number of aliphatic carboxylic acids is 1. The Morgan fingerprint density at radius 2 is 1.71 bits per heavy atom. The average Bonchev–Trinajstić information content (AvgIpc) is 2.26. The van der Waals surface area contributed by atoms with Gasteiger partial charge in [0.05, 0.1) is 0 Å². The van der Waals surface area contributed by atoms with E-state index < -0.39 is 11.6 Å². The minimum Gasteiger partial charge on any atom is -0.479 e. The molecule has 0 aromatic heterocycles. The summed E-state index contributed by atoms with van der Waals surface area (Å²) in [7, 11) is 0. The summed E-state index contributed by atoms with van der Waals surface area (Å²) < 4.78 is 5.77. The van der Waals surface area contributed by atoms with Crippen LogP contribution < -0.4 is 0 Å². The van der Waals surface area contributed by atoms with Gasteiger partial charge in [-0.25, -0.2) is 4.79 Å². The summed E-state index contributed by atoms with van der Waals surface area (Å²) >= 11 is 0. The van der Waals surface area contributed by atoms with E-state index in [1.54, 1.807) is 0 Å². The minimum atomic E-state index is -0.881. The van der Waals surface area contributed by atoms with Gasteiger partial charge >= 0.3 is 5.97 Å². The molecule has 0 unspecified atom stereocenters. The zero-order valence-corrected chi connectivity index (χ0v) is 11.0. The molecule has 0 spiro atoms. The van der Waals surface area contributed by atoms with Gasteiger partial charge in [-0.2, -0.15) is 0 Å². The average molecular weight is 242 g/mol. The second kappa shape index (κ2) is 7.70. The second-order valence-electron chi connectivity index (χ2n) is 5.12. The smallest absolute Gasteiger partial charge is 0.335 e. The Bertz CT molecular complexity index is 218. The molecule has 1 aliphatic rings. The van der Waals surface area contributed by atoms with Crippen molar-refractivity contribution in [3.05, 3.63) is 0 Å². The maximum absolute atomic E-state index is 11.5. The fourth-order valence-electron chi connectivity index (χ4n) is 2.52. The molecule has 1 aliphatic carbocycles. The molecule has 0 atom stereocenters. The van der Waals surface area contributed by atoms with Gasteiger partial charge in [-0.3, -0.25) is 0 Å². The quantitative estimate of drug-likeness (QED) is 0.721. The van der Waals surface area contributed by atoms with E-state index in [0.29, 0.717) is 19.4 Å². The van der Waals surface area contributed by atoms with Crippen LogP contribution in [0.25, 0.3) is 0 Å². The summed E-state index contributed by atoms with van der Waals surface area (Å²) in [5.41, 5.74) is -0.881. The molecule has 0 aromatic carbocycles. The molecule has 3 nitrogen and oxygen atoms in total. The van der Waals surface area contributed by atoms with Crippen molar-refractivity contribution >= 4 is 5.97 Å². The molecule has 1 fully saturated rings. The van der Waals surface area contributed by atoms with E-state index in [4.69, 9.17) is 4.74 Å². The molecule has 0 heterocycles. The zero-order chi connectivity index (χ0) is 12.6. The van der Waals surface area contributed by atoms with Crippen molar-refractivity contribution in [3.8, 4) is 0 Å². The van der Waals surface area contributed by atoms with Gasteiger partial charge in [0, 0.05) is 6.61 Å². The molecule has 1 rings (SSSR count). The van der Waals surface area contributed by atoms with Crippen molar-refractivity contribution in [1.29, 1.82) is 0 Å². The molecule has 0 aromatic rings. The van der Waals surface area contributed by atoms with Gasteiger partial charge in [-0.15, -0.1) is 0 Å². The largest absolute Gasteiger partial charge is 0.479 e. The van der Waals surface area contributed by atoms with Crippen LogP contribution in [-0.4, -0.2) is 23.3 Å². The first-order valence-corrected chi connectivity index (χ1v) is 7.08. The number of carboxylic acids is 1. The van der Waals surface area contributed by atoms with E-state index in [-0.39, 0.29) is 0 Å². The molecule has 0 aliphatic heterocycles. The van der Waals surface area contributed by atoms with Crippen LogP contribution in [0, 0.1) is 0 Å². The lowest BCUT2D eigenvalue weighted by Gasteiger charge is -2.31. The van der Waals surface area contributed by atoms with Crippen LogP contribution in [0.15, 0.2) is 0 Å². The summed E-state index contributed by atoms with van der Waals surface area (Å²) in [6, 6.07) is 0. The summed E-state index contributed by atoms with van der Waals surface area (Å²) in [5, 5.41) is 9.44. The number of unbranched alkanes of at least 4 members (excludes halogenated alkanes) is 2. The van der Waals surface area contributed by atoms with E-state index in [9.17, 15) is 9.90 Å². The lowest BCUT2D eigenvalue weighted by atomic mass is 9.87. The maximum atomic E-state index is 11.5. The van der Waals surface area contributed by atoms with Crippen molar-refractivity contribution < 1.29 is 14.6 Å².